The van der Waals surface area contributed by atoms with Crippen LogP contribution >= 0.6 is 0 Å². The largest absolute Gasteiger partial charge is 0.443 e. The number of hydrogen-bond donors (Lipinski definition) is 1. The second-order valence-corrected chi connectivity index (χ2v) is 4.98. The predicted molar refractivity (Wildman–Crippen MR) is 61.3 cm³/mol. The first-order valence-electron chi connectivity index (χ1n) is 4.80. The topological polar surface area (TPSA) is 80.4 Å². The van der Waals surface area contributed by atoms with Crippen molar-refractivity contribution in [2.24, 2.45) is 0 Å². The van der Waals surface area contributed by atoms with Crippen LogP contribution in [0.3, 0.4) is 0 Å². The highest BCUT2D eigenvalue weighted by Crippen LogP contribution is 2.30. The van der Waals surface area contributed by atoms with Crippen molar-refractivity contribution in [2.45, 2.75) is 4.90 Å². The maximum absolute atomic E-state index is 11.3. The van der Waals surface area contributed by atoms with Gasteiger partial charge in [-0.05, 0) is 0 Å². The number of fused-ring (bicyclic) bond motifs is 3. The van der Waals surface area contributed by atoms with Gasteiger partial charge >= 0.3 is 0 Å². The van der Waals surface area contributed by atoms with E-state index in [9.17, 15) is 13.0 Å². The molecule has 2 aromatic carbocycles. The zero-order valence-electron chi connectivity index (χ0n) is 8.49. The van der Waals surface area contributed by atoms with Crippen LogP contribution in [0.4, 0.5) is 0 Å². The van der Waals surface area contributed by atoms with E-state index in [-0.39, 0.29) is 4.90 Å². The molecule has 0 saturated carbocycles. The van der Waals surface area contributed by atoms with Gasteiger partial charge < -0.3 is 4.42 Å². The van der Waals surface area contributed by atoms with Gasteiger partial charge in [0.05, 0.1) is 0 Å². The normalized spacial score (nSPS) is 12.3. The Labute approximate surface area is 96.4 Å². The molecule has 1 heterocycles. The monoisotopic (exact) mass is 249 g/mol. The van der Waals surface area contributed by atoms with Crippen molar-refractivity contribution in [3.8, 4) is 0 Å². The molecule has 0 spiro atoms. The number of nitrogens with zero attached hydrogens (tertiary/aromatic N) is 1. The summed E-state index contributed by atoms with van der Waals surface area (Å²) in [6.07, 6.45) is 1.24. The average molecular weight is 249 g/mol. The summed E-state index contributed by atoms with van der Waals surface area (Å²) in [5.74, 6) is 0. The lowest BCUT2D eigenvalue weighted by Crippen LogP contribution is -1.99. The Balaban J connectivity index is 2.64. The molecule has 0 aliphatic carbocycles. The molecule has 0 aliphatic heterocycles. The van der Waals surface area contributed by atoms with E-state index in [0.29, 0.717) is 21.9 Å². The molecule has 86 valence electrons. The highest BCUT2D eigenvalue weighted by molar-refractivity contribution is 7.86. The first-order valence-corrected chi connectivity index (χ1v) is 6.24. The Hall–Kier alpha value is -1.92. The van der Waals surface area contributed by atoms with E-state index < -0.39 is 10.1 Å². The third-order valence-electron chi connectivity index (χ3n) is 2.58. The van der Waals surface area contributed by atoms with Crippen molar-refractivity contribution in [2.75, 3.05) is 0 Å². The third kappa shape index (κ3) is 1.49. The molecule has 0 unspecified atom stereocenters. The van der Waals surface area contributed by atoms with Crippen molar-refractivity contribution in [1.82, 2.24) is 4.98 Å². The van der Waals surface area contributed by atoms with Gasteiger partial charge in [-0.25, -0.2) is 4.98 Å². The van der Waals surface area contributed by atoms with Crippen LogP contribution in [0.15, 0.2) is 46.0 Å². The molecule has 5 nitrogen and oxygen atoms in total. The van der Waals surface area contributed by atoms with Gasteiger partial charge in [0.25, 0.3) is 10.1 Å². The van der Waals surface area contributed by atoms with E-state index >= 15 is 0 Å². The maximum Gasteiger partial charge on any atom is 0.295 e. The van der Waals surface area contributed by atoms with Gasteiger partial charge in [-0.2, -0.15) is 8.42 Å². The minimum absolute atomic E-state index is 0.169. The molecule has 0 bridgehead atoms. The number of rotatable bonds is 1. The quantitative estimate of drug-likeness (QED) is 0.669. The molecule has 1 aromatic heterocycles. The van der Waals surface area contributed by atoms with Crippen LogP contribution in [0.5, 0.6) is 0 Å². The van der Waals surface area contributed by atoms with Gasteiger partial charge in [0.15, 0.2) is 12.0 Å². The number of aromatic nitrogens is 1. The van der Waals surface area contributed by atoms with Crippen molar-refractivity contribution in [3.63, 3.8) is 0 Å². The van der Waals surface area contributed by atoms with Gasteiger partial charge in [0.2, 0.25) is 0 Å². The standard InChI is InChI=1S/C11H7NO4S/c13-17(14,15)10-5-9-11(12-6-16-9)8-4-2-1-3-7(8)10/h1-6H,(H,13,14,15). The molecule has 0 radical (unpaired) electrons. The first-order chi connectivity index (χ1) is 8.07. The summed E-state index contributed by atoms with van der Waals surface area (Å²) < 4.78 is 36.9. The fourth-order valence-corrected chi connectivity index (χ4v) is 2.59. The summed E-state index contributed by atoms with van der Waals surface area (Å²) >= 11 is 0. The lowest BCUT2D eigenvalue weighted by molar-refractivity contribution is 0.484. The van der Waals surface area contributed by atoms with Crippen molar-refractivity contribution < 1.29 is 17.4 Å². The van der Waals surface area contributed by atoms with Crippen LogP contribution in [0, 0.1) is 0 Å². The molecule has 0 saturated heterocycles. The molecule has 3 rings (SSSR count). The predicted octanol–water partition coefficient (Wildman–Crippen LogP) is 2.23. The van der Waals surface area contributed by atoms with Crippen LogP contribution in [-0.4, -0.2) is 18.0 Å². The Morgan fingerprint density at radius 1 is 1.18 bits per heavy atom. The molecule has 0 amide bonds. The minimum Gasteiger partial charge on any atom is -0.443 e. The molecule has 0 aliphatic rings. The van der Waals surface area contributed by atoms with Gasteiger partial charge in [0.1, 0.15) is 10.4 Å². The van der Waals surface area contributed by atoms with Gasteiger partial charge in [-0.1, -0.05) is 24.3 Å². The summed E-state index contributed by atoms with van der Waals surface area (Å²) in [5, 5.41) is 1.06. The van der Waals surface area contributed by atoms with Crippen LogP contribution in [-0.2, 0) is 10.1 Å². The Kier molecular flexibility index (Phi) is 1.98. The van der Waals surface area contributed by atoms with Crippen LogP contribution < -0.4 is 0 Å². The van der Waals surface area contributed by atoms with Crippen molar-refractivity contribution in [3.05, 3.63) is 36.7 Å². The SMILES string of the molecule is O=S(=O)(O)c1cc2ocnc2c2ccccc12. The number of oxazole rings is 1. The lowest BCUT2D eigenvalue weighted by atomic mass is 10.1. The van der Waals surface area contributed by atoms with Crippen LogP contribution in [0.1, 0.15) is 0 Å². The fourth-order valence-electron chi connectivity index (χ4n) is 1.87. The Morgan fingerprint density at radius 2 is 1.88 bits per heavy atom. The van der Waals surface area contributed by atoms with Gasteiger partial charge in [0, 0.05) is 16.8 Å². The minimum atomic E-state index is -4.29. The second kappa shape index (κ2) is 3.28. The molecule has 0 fully saturated rings. The summed E-state index contributed by atoms with van der Waals surface area (Å²) in [4.78, 5) is 3.86. The molecule has 6 heteroatoms. The smallest absolute Gasteiger partial charge is 0.295 e. The summed E-state index contributed by atoms with van der Waals surface area (Å²) in [6.45, 7) is 0. The van der Waals surface area contributed by atoms with Gasteiger partial charge in [-0.15, -0.1) is 0 Å². The van der Waals surface area contributed by atoms with E-state index in [2.05, 4.69) is 4.98 Å². The van der Waals surface area contributed by atoms with Crippen molar-refractivity contribution in [1.29, 1.82) is 0 Å². The van der Waals surface area contributed by atoms with Gasteiger partial charge in [-0.3, -0.25) is 4.55 Å². The molecular formula is C11H7NO4S. The second-order valence-electron chi connectivity index (χ2n) is 3.59. The van der Waals surface area contributed by atoms with E-state index in [1.165, 1.54) is 12.5 Å². The summed E-state index contributed by atoms with van der Waals surface area (Å²) in [5.41, 5.74) is 0.907. The fraction of sp³-hybridized carbons (Fsp3) is 0. The van der Waals surface area contributed by atoms with E-state index in [0.717, 1.165) is 0 Å². The third-order valence-corrected chi connectivity index (χ3v) is 3.48. The summed E-state index contributed by atoms with van der Waals surface area (Å²) in [7, 11) is -4.29. The maximum atomic E-state index is 11.3. The van der Waals surface area contributed by atoms with Crippen LogP contribution in [0.2, 0.25) is 0 Å². The zero-order valence-corrected chi connectivity index (χ0v) is 9.31. The summed E-state index contributed by atoms with van der Waals surface area (Å²) in [6, 6.07) is 8.09. The Bertz CT molecular complexity index is 820. The van der Waals surface area contributed by atoms with Crippen molar-refractivity contribution >= 4 is 32.0 Å². The molecular weight excluding hydrogens is 242 g/mol. The molecule has 17 heavy (non-hydrogen) atoms. The lowest BCUT2D eigenvalue weighted by Gasteiger charge is -2.03. The first kappa shape index (κ1) is 10.2. The Morgan fingerprint density at radius 3 is 2.59 bits per heavy atom. The van der Waals surface area contributed by atoms with E-state index in [1.54, 1.807) is 24.3 Å². The number of hydrogen-bond acceptors (Lipinski definition) is 4. The number of benzene rings is 2. The molecule has 1 N–H and O–H groups in total. The highest BCUT2D eigenvalue weighted by Gasteiger charge is 2.17. The molecule has 0 atom stereocenters. The molecule has 3 aromatic rings. The van der Waals surface area contributed by atoms with Crippen LogP contribution in [0.25, 0.3) is 21.9 Å². The highest BCUT2D eigenvalue weighted by atomic mass is 32.2. The zero-order chi connectivity index (χ0) is 12.0. The van der Waals surface area contributed by atoms with E-state index in [4.69, 9.17) is 4.42 Å². The van der Waals surface area contributed by atoms with E-state index in [1.807, 2.05) is 0 Å². The average Bonchev–Trinajstić information content (AvgIpc) is 2.74.